The highest BCUT2D eigenvalue weighted by atomic mass is 16.6. The number of fused-ring (bicyclic) bond motifs is 1. The molecule has 2 aromatic rings. The third-order valence-corrected chi connectivity index (χ3v) is 3.54. The minimum atomic E-state index is -0.682. The van der Waals surface area contributed by atoms with E-state index in [0.717, 1.165) is 0 Å². The monoisotopic (exact) mass is 294 g/mol. The van der Waals surface area contributed by atoms with Crippen LogP contribution in [0.2, 0.25) is 0 Å². The number of benzene rings is 2. The highest BCUT2D eigenvalue weighted by molar-refractivity contribution is 6.15. The van der Waals surface area contributed by atoms with Crippen LogP contribution in [0.15, 0.2) is 36.4 Å². The molecule has 0 saturated carbocycles. The Kier molecular flexibility index (Phi) is 3.18. The summed E-state index contributed by atoms with van der Waals surface area (Å²) in [4.78, 5) is 45.6. The smallest absolute Gasteiger partial charge is 0.346 e. The van der Waals surface area contributed by atoms with Crippen LogP contribution in [-0.2, 0) is 4.74 Å². The second-order valence-electron chi connectivity index (χ2n) is 4.91. The molecule has 22 heavy (non-hydrogen) atoms. The maximum absolute atomic E-state index is 11.6. The summed E-state index contributed by atoms with van der Waals surface area (Å²) in [6.45, 7) is 1.38. The Labute approximate surface area is 125 Å². The molecule has 5 heteroatoms. The van der Waals surface area contributed by atoms with Crippen molar-refractivity contribution in [3.05, 3.63) is 58.7 Å². The lowest BCUT2D eigenvalue weighted by molar-refractivity contribution is 0.0443. The van der Waals surface area contributed by atoms with Crippen LogP contribution in [0.1, 0.15) is 48.4 Å². The molecule has 0 spiro atoms. The zero-order chi connectivity index (χ0) is 15.9. The molecule has 0 aliphatic carbocycles. The minimum absolute atomic E-state index is 0.200. The van der Waals surface area contributed by atoms with Crippen LogP contribution < -0.4 is 0 Å². The predicted molar refractivity (Wildman–Crippen MR) is 77.0 cm³/mol. The molecule has 0 atom stereocenters. The number of ketones is 1. The molecule has 0 N–H and O–H groups in total. The lowest BCUT2D eigenvalue weighted by atomic mass is 9.95. The number of aldehydes is 1. The zero-order valence-corrected chi connectivity index (χ0v) is 11.6. The van der Waals surface area contributed by atoms with Crippen LogP contribution in [0.25, 0.3) is 11.1 Å². The van der Waals surface area contributed by atoms with Crippen molar-refractivity contribution in [1.82, 2.24) is 0 Å². The largest absolute Gasteiger partial charge is 0.386 e. The Hall–Kier alpha value is -3.08. The molecule has 2 aromatic carbocycles. The Morgan fingerprint density at radius 2 is 1.59 bits per heavy atom. The van der Waals surface area contributed by atoms with Gasteiger partial charge in [0.05, 0.1) is 11.1 Å². The van der Waals surface area contributed by atoms with E-state index in [-0.39, 0.29) is 16.9 Å². The van der Waals surface area contributed by atoms with E-state index in [0.29, 0.717) is 28.5 Å². The number of esters is 2. The van der Waals surface area contributed by atoms with Crippen molar-refractivity contribution < 1.29 is 23.9 Å². The molecular formula is C17H10O5. The molecule has 5 nitrogen and oxygen atoms in total. The number of Topliss-reactive ketones (excluding diaryl/α,β-unsaturated/α-hetero) is 1. The van der Waals surface area contributed by atoms with Gasteiger partial charge in [0.25, 0.3) is 0 Å². The molecule has 0 amide bonds. The minimum Gasteiger partial charge on any atom is -0.386 e. The van der Waals surface area contributed by atoms with Crippen LogP contribution in [0.3, 0.4) is 0 Å². The van der Waals surface area contributed by atoms with E-state index in [1.807, 2.05) is 0 Å². The van der Waals surface area contributed by atoms with Crippen molar-refractivity contribution in [2.75, 3.05) is 0 Å². The summed E-state index contributed by atoms with van der Waals surface area (Å²) >= 11 is 0. The van der Waals surface area contributed by atoms with E-state index in [4.69, 9.17) is 0 Å². The number of hydrogen-bond acceptors (Lipinski definition) is 5. The first kappa shape index (κ1) is 13.9. The zero-order valence-electron chi connectivity index (χ0n) is 11.6. The van der Waals surface area contributed by atoms with Crippen LogP contribution in [0, 0.1) is 0 Å². The van der Waals surface area contributed by atoms with Gasteiger partial charge < -0.3 is 4.74 Å². The molecule has 3 rings (SSSR count). The van der Waals surface area contributed by atoms with Crippen LogP contribution >= 0.6 is 0 Å². The maximum Gasteiger partial charge on any atom is 0.346 e. The van der Waals surface area contributed by atoms with Crippen LogP contribution in [-0.4, -0.2) is 24.0 Å². The summed E-state index contributed by atoms with van der Waals surface area (Å²) in [7, 11) is 0. The second kappa shape index (κ2) is 5.04. The number of hydrogen-bond donors (Lipinski definition) is 0. The first-order chi connectivity index (χ1) is 10.5. The fourth-order valence-electron chi connectivity index (χ4n) is 2.41. The van der Waals surface area contributed by atoms with E-state index < -0.39 is 11.9 Å². The topological polar surface area (TPSA) is 77.5 Å². The van der Waals surface area contributed by atoms with Gasteiger partial charge in [-0.05, 0) is 36.2 Å². The van der Waals surface area contributed by atoms with Gasteiger partial charge >= 0.3 is 11.9 Å². The Morgan fingerprint density at radius 3 is 2.27 bits per heavy atom. The van der Waals surface area contributed by atoms with Gasteiger partial charge in [-0.1, -0.05) is 18.2 Å². The van der Waals surface area contributed by atoms with E-state index >= 15 is 0 Å². The summed E-state index contributed by atoms with van der Waals surface area (Å²) < 4.78 is 4.54. The van der Waals surface area contributed by atoms with Crippen molar-refractivity contribution in [3.8, 4) is 11.1 Å². The molecule has 0 fully saturated rings. The van der Waals surface area contributed by atoms with Gasteiger partial charge in [0.2, 0.25) is 0 Å². The quantitative estimate of drug-likeness (QED) is 0.376. The predicted octanol–water partition coefficient (Wildman–Crippen LogP) is 2.68. The van der Waals surface area contributed by atoms with Crippen molar-refractivity contribution in [2.45, 2.75) is 6.92 Å². The number of ether oxygens (including phenoxy) is 1. The fraction of sp³-hybridized carbons (Fsp3) is 0.0588. The lowest BCUT2D eigenvalue weighted by Crippen LogP contribution is -1.99. The normalized spacial score (nSPS) is 12.8. The summed E-state index contributed by atoms with van der Waals surface area (Å²) in [6.07, 6.45) is 0.624. The average Bonchev–Trinajstić information content (AvgIpc) is 2.81. The Bertz CT molecular complexity index is 839. The van der Waals surface area contributed by atoms with Crippen molar-refractivity contribution in [3.63, 3.8) is 0 Å². The summed E-state index contributed by atoms with van der Waals surface area (Å²) in [5, 5.41) is 0. The third-order valence-electron chi connectivity index (χ3n) is 3.54. The number of carbonyl (C=O) groups excluding carboxylic acids is 4. The van der Waals surface area contributed by atoms with Crippen molar-refractivity contribution in [1.29, 1.82) is 0 Å². The molecule has 1 aliphatic heterocycles. The molecule has 0 saturated heterocycles. The van der Waals surface area contributed by atoms with E-state index in [2.05, 4.69) is 4.74 Å². The molecule has 1 aliphatic rings. The highest BCUT2D eigenvalue weighted by Crippen LogP contribution is 2.28. The third kappa shape index (κ3) is 2.13. The molecule has 0 aromatic heterocycles. The highest BCUT2D eigenvalue weighted by Gasteiger charge is 2.29. The summed E-state index contributed by atoms with van der Waals surface area (Å²) in [5.41, 5.74) is 2.38. The van der Waals surface area contributed by atoms with E-state index in [9.17, 15) is 19.2 Å². The number of carbonyl (C=O) groups is 4. The molecule has 0 radical (unpaired) electrons. The summed E-state index contributed by atoms with van der Waals surface area (Å²) in [5.74, 6) is -1.56. The SMILES string of the molecule is CC(=O)c1cc(-c2ccc3c(c2)C(=O)OC3=O)ccc1C=O. The summed E-state index contributed by atoms with van der Waals surface area (Å²) in [6, 6.07) is 9.55. The lowest BCUT2D eigenvalue weighted by Gasteiger charge is -2.07. The first-order valence-electron chi connectivity index (χ1n) is 6.52. The number of rotatable bonds is 3. The molecular weight excluding hydrogens is 284 g/mol. The van der Waals surface area contributed by atoms with Crippen LogP contribution in [0.5, 0.6) is 0 Å². The maximum atomic E-state index is 11.6. The fourth-order valence-corrected chi connectivity index (χ4v) is 2.41. The van der Waals surface area contributed by atoms with Gasteiger partial charge in [-0.15, -0.1) is 0 Å². The standard InChI is InChI=1S/C17H10O5/c1-9(19)14-6-10(2-3-12(14)8-18)11-4-5-13-15(7-11)17(21)22-16(13)20/h2-8H,1H3. The van der Waals surface area contributed by atoms with Gasteiger partial charge in [0.1, 0.15) is 0 Å². The molecule has 1 heterocycles. The molecule has 0 unspecified atom stereocenters. The molecule has 0 bridgehead atoms. The van der Waals surface area contributed by atoms with Gasteiger partial charge in [0, 0.05) is 11.1 Å². The second-order valence-corrected chi connectivity index (χ2v) is 4.91. The van der Waals surface area contributed by atoms with Crippen LogP contribution in [0.4, 0.5) is 0 Å². The van der Waals surface area contributed by atoms with Gasteiger partial charge in [-0.3, -0.25) is 9.59 Å². The number of cyclic esters (lactones) is 2. The van der Waals surface area contributed by atoms with Gasteiger partial charge in [-0.2, -0.15) is 0 Å². The van der Waals surface area contributed by atoms with Gasteiger partial charge in [0.15, 0.2) is 12.1 Å². The van der Waals surface area contributed by atoms with Gasteiger partial charge in [-0.25, -0.2) is 9.59 Å². The average molecular weight is 294 g/mol. The Balaban J connectivity index is 2.13. The molecule has 108 valence electrons. The Morgan fingerprint density at radius 1 is 0.955 bits per heavy atom. The van der Waals surface area contributed by atoms with Crippen molar-refractivity contribution in [2.24, 2.45) is 0 Å². The van der Waals surface area contributed by atoms with E-state index in [1.165, 1.54) is 13.0 Å². The van der Waals surface area contributed by atoms with E-state index in [1.54, 1.807) is 30.3 Å². The van der Waals surface area contributed by atoms with Crippen molar-refractivity contribution >= 4 is 24.0 Å². The first-order valence-corrected chi connectivity index (χ1v) is 6.52.